The van der Waals surface area contributed by atoms with Crippen LogP contribution in [-0.2, 0) is 0 Å². The van der Waals surface area contributed by atoms with Crippen molar-refractivity contribution in [1.29, 1.82) is 5.26 Å². The molecule has 0 spiro atoms. The van der Waals surface area contributed by atoms with E-state index in [1.165, 1.54) is 0 Å². The minimum atomic E-state index is 0.116. The van der Waals surface area contributed by atoms with Gasteiger partial charge in [-0.2, -0.15) is 5.26 Å². The summed E-state index contributed by atoms with van der Waals surface area (Å²) >= 11 is 0. The molecule has 0 bridgehead atoms. The number of rotatable bonds is 3. The maximum Gasteiger partial charge on any atom is 0.123 e. The largest absolute Gasteiger partial charge is 0.497 e. The highest BCUT2D eigenvalue weighted by molar-refractivity contribution is 5.90. The van der Waals surface area contributed by atoms with Gasteiger partial charge in [-0.15, -0.1) is 0 Å². The van der Waals surface area contributed by atoms with Crippen LogP contribution in [0, 0.1) is 17.2 Å². The number of nitrogens with zero attached hydrogens (tertiary/aromatic N) is 1. The van der Waals surface area contributed by atoms with E-state index >= 15 is 0 Å². The molecule has 0 amide bonds. The lowest BCUT2D eigenvalue weighted by Crippen LogP contribution is -1.94. The van der Waals surface area contributed by atoms with Gasteiger partial charge in [0.25, 0.3) is 0 Å². The first-order valence-electron chi connectivity index (χ1n) is 6.32. The van der Waals surface area contributed by atoms with Crippen LogP contribution < -0.4 is 9.47 Å². The number of methoxy groups -OCH3 is 2. The molecule has 0 N–H and O–H groups in total. The molecule has 1 fully saturated rings. The Morgan fingerprint density at radius 3 is 2.58 bits per heavy atom. The molecule has 0 aromatic heterocycles. The zero-order chi connectivity index (χ0) is 13.4. The summed E-state index contributed by atoms with van der Waals surface area (Å²) in [5, 5.41) is 11.3. The molecule has 2 atom stereocenters. The third-order valence-electron chi connectivity index (χ3n) is 3.78. The van der Waals surface area contributed by atoms with Crippen LogP contribution in [0.1, 0.15) is 17.9 Å². The molecule has 0 heterocycles. The first kappa shape index (κ1) is 11.9. The van der Waals surface area contributed by atoms with E-state index in [1.807, 2.05) is 30.3 Å². The third kappa shape index (κ3) is 1.90. The van der Waals surface area contributed by atoms with Crippen molar-refractivity contribution in [1.82, 2.24) is 0 Å². The molecular formula is C16H15NO2. The van der Waals surface area contributed by atoms with E-state index in [-0.39, 0.29) is 11.8 Å². The van der Waals surface area contributed by atoms with E-state index in [0.29, 0.717) is 0 Å². The van der Waals surface area contributed by atoms with Crippen molar-refractivity contribution in [2.75, 3.05) is 14.2 Å². The molecule has 1 aliphatic rings. The number of nitriles is 1. The van der Waals surface area contributed by atoms with E-state index in [4.69, 9.17) is 14.7 Å². The van der Waals surface area contributed by atoms with Crippen molar-refractivity contribution in [3.8, 4) is 17.6 Å². The van der Waals surface area contributed by atoms with Crippen LogP contribution in [0.2, 0.25) is 0 Å². The average Bonchev–Trinajstić information content (AvgIpc) is 3.24. The molecule has 3 nitrogen and oxygen atoms in total. The van der Waals surface area contributed by atoms with Crippen LogP contribution in [0.3, 0.4) is 0 Å². The van der Waals surface area contributed by atoms with Crippen LogP contribution in [0.4, 0.5) is 0 Å². The van der Waals surface area contributed by atoms with Gasteiger partial charge in [-0.05, 0) is 35.4 Å². The van der Waals surface area contributed by atoms with E-state index in [1.54, 1.807) is 14.2 Å². The Morgan fingerprint density at radius 1 is 1.16 bits per heavy atom. The van der Waals surface area contributed by atoms with Crippen LogP contribution >= 0.6 is 0 Å². The SMILES string of the molecule is COc1ccc2ccc(OC)c(C3CC3C#N)c2c1. The van der Waals surface area contributed by atoms with E-state index in [2.05, 4.69) is 6.07 Å². The first-order valence-corrected chi connectivity index (χ1v) is 6.32. The Balaban J connectivity index is 2.22. The monoisotopic (exact) mass is 253 g/mol. The summed E-state index contributed by atoms with van der Waals surface area (Å²) in [5.74, 6) is 2.10. The zero-order valence-corrected chi connectivity index (χ0v) is 11.0. The summed E-state index contributed by atoms with van der Waals surface area (Å²) in [6, 6.07) is 12.4. The summed E-state index contributed by atoms with van der Waals surface area (Å²) in [6.07, 6.45) is 0.920. The molecule has 0 radical (unpaired) electrons. The van der Waals surface area contributed by atoms with Gasteiger partial charge in [-0.25, -0.2) is 0 Å². The highest BCUT2D eigenvalue weighted by Crippen LogP contribution is 2.52. The van der Waals surface area contributed by atoms with Crippen LogP contribution in [0.5, 0.6) is 11.5 Å². The molecule has 0 aliphatic heterocycles. The average molecular weight is 253 g/mol. The fourth-order valence-corrected chi connectivity index (χ4v) is 2.65. The first-order chi connectivity index (χ1) is 9.28. The standard InChI is InChI=1S/C16H15NO2/c1-18-12-5-3-10-4-6-15(19-2)16(14(10)8-12)13-7-11(13)9-17/h3-6,8,11,13H,7H2,1-2H3. The predicted octanol–water partition coefficient (Wildman–Crippen LogP) is 3.48. The number of ether oxygens (including phenoxy) is 2. The number of hydrogen-bond acceptors (Lipinski definition) is 3. The highest BCUT2D eigenvalue weighted by atomic mass is 16.5. The number of benzene rings is 2. The molecule has 2 unspecified atom stereocenters. The van der Waals surface area contributed by atoms with Gasteiger partial charge < -0.3 is 9.47 Å². The maximum atomic E-state index is 9.06. The second-order valence-corrected chi connectivity index (χ2v) is 4.85. The summed E-state index contributed by atoms with van der Waals surface area (Å²) < 4.78 is 10.8. The summed E-state index contributed by atoms with van der Waals surface area (Å²) in [7, 11) is 3.34. The van der Waals surface area contributed by atoms with Gasteiger partial charge in [-0.1, -0.05) is 12.1 Å². The van der Waals surface area contributed by atoms with Crippen molar-refractivity contribution >= 4 is 10.8 Å². The Bertz CT molecular complexity index is 667. The molecule has 3 rings (SSSR count). The van der Waals surface area contributed by atoms with Gasteiger partial charge in [0.1, 0.15) is 11.5 Å². The Kier molecular flexibility index (Phi) is 2.79. The molecule has 2 aromatic carbocycles. The van der Waals surface area contributed by atoms with Gasteiger partial charge in [0.05, 0.1) is 26.2 Å². The third-order valence-corrected chi connectivity index (χ3v) is 3.78. The molecule has 96 valence electrons. The second kappa shape index (κ2) is 4.47. The fourth-order valence-electron chi connectivity index (χ4n) is 2.65. The lowest BCUT2D eigenvalue weighted by atomic mass is 9.98. The quantitative estimate of drug-likeness (QED) is 0.841. The summed E-state index contributed by atoms with van der Waals surface area (Å²) in [6.45, 7) is 0. The second-order valence-electron chi connectivity index (χ2n) is 4.85. The fraction of sp³-hybridized carbons (Fsp3) is 0.312. The van der Waals surface area contributed by atoms with E-state index in [9.17, 15) is 0 Å². The molecule has 19 heavy (non-hydrogen) atoms. The molecule has 1 aliphatic carbocycles. The van der Waals surface area contributed by atoms with Crippen LogP contribution in [0.15, 0.2) is 30.3 Å². The summed E-state index contributed by atoms with van der Waals surface area (Å²) in [4.78, 5) is 0. The lowest BCUT2D eigenvalue weighted by molar-refractivity contribution is 0.410. The number of hydrogen-bond donors (Lipinski definition) is 0. The van der Waals surface area contributed by atoms with Crippen molar-refractivity contribution in [3.05, 3.63) is 35.9 Å². The van der Waals surface area contributed by atoms with Gasteiger partial charge in [0.15, 0.2) is 0 Å². The lowest BCUT2D eigenvalue weighted by Gasteiger charge is -2.12. The minimum Gasteiger partial charge on any atom is -0.497 e. The van der Waals surface area contributed by atoms with Crippen molar-refractivity contribution in [2.45, 2.75) is 12.3 Å². The van der Waals surface area contributed by atoms with Gasteiger partial charge in [-0.3, -0.25) is 0 Å². The normalized spacial score (nSPS) is 20.9. The van der Waals surface area contributed by atoms with Crippen molar-refractivity contribution in [2.24, 2.45) is 5.92 Å². The van der Waals surface area contributed by atoms with E-state index in [0.717, 1.165) is 34.3 Å². The Hall–Kier alpha value is -2.21. The zero-order valence-electron chi connectivity index (χ0n) is 11.0. The van der Waals surface area contributed by atoms with Crippen molar-refractivity contribution in [3.63, 3.8) is 0 Å². The van der Waals surface area contributed by atoms with Crippen LogP contribution in [-0.4, -0.2) is 14.2 Å². The smallest absolute Gasteiger partial charge is 0.123 e. The topological polar surface area (TPSA) is 42.2 Å². The van der Waals surface area contributed by atoms with E-state index < -0.39 is 0 Å². The summed E-state index contributed by atoms with van der Waals surface area (Å²) in [5.41, 5.74) is 1.14. The number of fused-ring (bicyclic) bond motifs is 1. The Morgan fingerprint density at radius 2 is 1.95 bits per heavy atom. The van der Waals surface area contributed by atoms with Gasteiger partial charge in [0, 0.05) is 11.5 Å². The molecule has 2 aromatic rings. The molecular weight excluding hydrogens is 238 g/mol. The van der Waals surface area contributed by atoms with Crippen LogP contribution in [0.25, 0.3) is 10.8 Å². The maximum absolute atomic E-state index is 9.06. The molecule has 3 heteroatoms. The van der Waals surface area contributed by atoms with Crippen molar-refractivity contribution < 1.29 is 9.47 Å². The highest BCUT2D eigenvalue weighted by Gasteiger charge is 2.41. The molecule has 0 saturated heterocycles. The molecule has 1 saturated carbocycles. The van der Waals surface area contributed by atoms with Gasteiger partial charge >= 0.3 is 0 Å². The Labute approximate surface area is 112 Å². The van der Waals surface area contributed by atoms with Gasteiger partial charge in [0.2, 0.25) is 0 Å². The minimum absolute atomic E-state index is 0.116. The predicted molar refractivity (Wildman–Crippen MR) is 73.5 cm³/mol.